The average molecular weight is 452 g/mol. The second-order valence-corrected chi connectivity index (χ2v) is 8.55. The monoisotopic (exact) mass is 452 g/mol. The number of hydrogen-bond donors (Lipinski definition) is 4. The van der Waals surface area contributed by atoms with Gasteiger partial charge in [-0.2, -0.15) is 0 Å². The van der Waals surface area contributed by atoms with E-state index in [9.17, 15) is 9.36 Å². The number of ether oxygens (including phenoxy) is 2. The predicted octanol–water partition coefficient (Wildman–Crippen LogP) is 2.86. The fourth-order valence-electron chi connectivity index (χ4n) is 2.61. The zero-order valence-corrected chi connectivity index (χ0v) is 18.5. The van der Waals surface area contributed by atoms with Crippen molar-refractivity contribution in [3.8, 4) is 11.5 Å². The number of rotatable bonds is 12. The van der Waals surface area contributed by atoms with Crippen LogP contribution in [-0.2, 0) is 20.3 Å². The van der Waals surface area contributed by atoms with Crippen molar-refractivity contribution in [2.45, 2.75) is 31.7 Å². The second-order valence-electron chi connectivity index (χ2n) is 7.31. The Labute approximate surface area is 181 Å². The lowest BCUT2D eigenvalue weighted by atomic mass is 10.0. The Morgan fingerprint density at radius 2 is 1.68 bits per heavy atom. The van der Waals surface area contributed by atoms with Gasteiger partial charge in [0.2, 0.25) is 5.91 Å². The molecule has 5 N–H and O–H groups in total. The van der Waals surface area contributed by atoms with Crippen molar-refractivity contribution in [3.05, 3.63) is 54.1 Å². The quantitative estimate of drug-likeness (QED) is 0.285. The van der Waals surface area contributed by atoms with Crippen molar-refractivity contribution in [1.82, 2.24) is 0 Å². The van der Waals surface area contributed by atoms with E-state index in [-0.39, 0.29) is 0 Å². The van der Waals surface area contributed by atoms with Gasteiger partial charge in [0.1, 0.15) is 17.0 Å². The molecule has 1 amide bonds. The van der Waals surface area contributed by atoms with Crippen LogP contribution in [0.5, 0.6) is 11.5 Å². The molecule has 9 nitrogen and oxygen atoms in total. The first-order valence-corrected chi connectivity index (χ1v) is 11.3. The Balaban J connectivity index is 1.72. The fourth-order valence-corrected chi connectivity index (χ4v) is 3.04. The van der Waals surface area contributed by atoms with E-state index in [2.05, 4.69) is 22.0 Å². The maximum absolute atomic E-state index is 12.2. The number of nitrogens with two attached hydrogens (primary N) is 1. The van der Waals surface area contributed by atoms with Gasteiger partial charge in [0.25, 0.3) is 0 Å². The summed E-state index contributed by atoms with van der Waals surface area (Å²) in [5.74, 6) is 0.883. The van der Waals surface area contributed by atoms with E-state index in [0.29, 0.717) is 18.0 Å². The highest BCUT2D eigenvalue weighted by Crippen LogP contribution is 2.36. The lowest BCUT2D eigenvalue weighted by Crippen LogP contribution is -2.52. The van der Waals surface area contributed by atoms with Crippen LogP contribution < -0.4 is 20.5 Å². The van der Waals surface area contributed by atoms with Crippen LogP contribution in [0.4, 0.5) is 5.69 Å². The molecule has 0 bridgehead atoms. The molecule has 0 aliphatic heterocycles. The number of benzene rings is 2. The molecule has 2 aromatic carbocycles. The van der Waals surface area contributed by atoms with Crippen molar-refractivity contribution in [3.63, 3.8) is 0 Å². The zero-order chi connectivity index (χ0) is 22.9. The summed E-state index contributed by atoms with van der Waals surface area (Å²) < 4.78 is 26.0. The van der Waals surface area contributed by atoms with Crippen LogP contribution in [0.1, 0.15) is 25.3 Å². The molecule has 0 fully saturated rings. The van der Waals surface area contributed by atoms with Crippen LogP contribution in [0.2, 0.25) is 0 Å². The van der Waals surface area contributed by atoms with E-state index in [4.69, 9.17) is 25.0 Å². The molecular formula is C21H29N2O7P. The summed E-state index contributed by atoms with van der Waals surface area (Å²) in [5.41, 5.74) is 5.90. The van der Waals surface area contributed by atoms with Gasteiger partial charge in [-0.25, -0.2) is 4.57 Å². The molecule has 0 aromatic heterocycles. The lowest BCUT2D eigenvalue weighted by molar-refractivity contribution is -0.121. The molecule has 2 rings (SSSR count). The average Bonchev–Trinajstić information content (AvgIpc) is 2.73. The molecule has 10 heteroatoms. The van der Waals surface area contributed by atoms with Gasteiger partial charge in [-0.3, -0.25) is 9.32 Å². The molecule has 1 unspecified atom stereocenters. The number of carbonyl (C=O) groups is 1. The molecule has 0 aliphatic rings. The normalized spacial score (nSPS) is 13.3. The number of amides is 1. The summed E-state index contributed by atoms with van der Waals surface area (Å²) in [5, 5.41) is 2.59. The number of nitrogens with one attached hydrogen (secondary N) is 1. The maximum atomic E-state index is 12.2. The minimum Gasteiger partial charge on any atom is -0.497 e. The molecule has 31 heavy (non-hydrogen) atoms. The van der Waals surface area contributed by atoms with Crippen molar-refractivity contribution in [1.29, 1.82) is 0 Å². The smallest absolute Gasteiger partial charge is 0.469 e. The van der Waals surface area contributed by atoms with Gasteiger partial charge in [-0.15, -0.1) is 0 Å². The largest absolute Gasteiger partial charge is 0.497 e. The summed E-state index contributed by atoms with van der Waals surface area (Å²) in [4.78, 5) is 29.7. The molecule has 0 radical (unpaired) electrons. The van der Waals surface area contributed by atoms with E-state index >= 15 is 0 Å². The summed E-state index contributed by atoms with van der Waals surface area (Å²) in [6.45, 7) is 1.27. The molecule has 170 valence electrons. The number of aryl methyl sites for hydroxylation is 1. The number of unbranched alkanes of at least 4 members (excludes halogenated alkanes) is 1. The fraction of sp³-hybridized carbons (Fsp3) is 0.381. The van der Waals surface area contributed by atoms with Gasteiger partial charge in [-0.05, 0) is 68.1 Å². The molecule has 0 aliphatic carbocycles. The first-order valence-electron chi connectivity index (χ1n) is 9.75. The molecular weight excluding hydrogens is 423 g/mol. The van der Waals surface area contributed by atoms with Crippen LogP contribution in [0, 0.1) is 0 Å². The summed E-state index contributed by atoms with van der Waals surface area (Å²) in [6, 6.07) is 14.8. The standard InChI is InChI=1S/C21H29N2O7P/c1-21(22,15-30-31(25,26)27)20(24)23-17-8-12-19(13-9-17)29-14-4-3-5-16-6-10-18(28-2)11-7-16/h6-13H,3-5,14-15,22H2,1-2H3,(H,23,24)(H2,25,26,27). The van der Waals surface area contributed by atoms with E-state index in [1.807, 2.05) is 12.1 Å². The van der Waals surface area contributed by atoms with E-state index in [1.54, 1.807) is 31.4 Å². The van der Waals surface area contributed by atoms with Crippen LogP contribution in [0.25, 0.3) is 0 Å². The lowest BCUT2D eigenvalue weighted by Gasteiger charge is -2.23. The third-order valence-corrected chi connectivity index (χ3v) is 4.92. The number of anilines is 1. The number of phosphoric ester groups is 1. The van der Waals surface area contributed by atoms with Gasteiger partial charge in [-0.1, -0.05) is 12.1 Å². The minimum atomic E-state index is -4.71. The molecule has 0 spiro atoms. The number of carbonyl (C=O) groups excluding carboxylic acids is 1. The Kier molecular flexibility index (Phi) is 9.03. The predicted molar refractivity (Wildman–Crippen MR) is 117 cm³/mol. The van der Waals surface area contributed by atoms with E-state index < -0.39 is 25.9 Å². The van der Waals surface area contributed by atoms with Gasteiger partial charge in [0.05, 0.1) is 20.3 Å². The highest BCUT2D eigenvalue weighted by molar-refractivity contribution is 7.46. The highest BCUT2D eigenvalue weighted by atomic mass is 31.2. The Hall–Kier alpha value is -2.42. The third-order valence-electron chi connectivity index (χ3n) is 4.45. The van der Waals surface area contributed by atoms with Crippen LogP contribution >= 0.6 is 7.82 Å². The Bertz CT molecular complexity index is 880. The number of phosphoric acid groups is 1. The Morgan fingerprint density at radius 1 is 1.06 bits per heavy atom. The van der Waals surface area contributed by atoms with Crippen LogP contribution in [0.3, 0.4) is 0 Å². The first-order chi connectivity index (χ1) is 14.6. The van der Waals surface area contributed by atoms with Gasteiger partial charge >= 0.3 is 7.82 Å². The molecule has 2 aromatic rings. The molecule has 0 heterocycles. The van der Waals surface area contributed by atoms with Crippen LogP contribution in [0.15, 0.2) is 48.5 Å². The minimum absolute atomic E-state index is 0.477. The zero-order valence-electron chi connectivity index (χ0n) is 17.6. The second kappa shape index (κ2) is 11.3. The van der Waals surface area contributed by atoms with Crippen molar-refractivity contribution < 1.29 is 33.1 Å². The molecule has 0 saturated carbocycles. The third kappa shape index (κ3) is 9.08. The van der Waals surface area contributed by atoms with Crippen molar-refractivity contribution in [2.75, 3.05) is 25.6 Å². The highest BCUT2D eigenvalue weighted by Gasteiger charge is 2.32. The van der Waals surface area contributed by atoms with Gasteiger partial charge in [0, 0.05) is 5.69 Å². The summed E-state index contributed by atoms with van der Waals surface area (Å²) >= 11 is 0. The van der Waals surface area contributed by atoms with Crippen molar-refractivity contribution in [2.24, 2.45) is 5.73 Å². The summed E-state index contributed by atoms with van der Waals surface area (Å²) in [7, 11) is -3.06. The van der Waals surface area contributed by atoms with Gasteiger partial charge < -0.3 is 30.3 Å². The van der Waals surface area contributed by atoms with Gasteiger partial charge in [0.15, 0.2) is 0 Å². The SMILES string of the molecule is COc1ccc(CCCCOc2ccc(NC(=O)C(C)(N)COP(=O)(O)O)cc2)cc1. The van der Waals surface area contributed by atoms with E-state index in [0.717, 1.165) is 25.0 Å². The van der Waals surface area contributed by atoms with Crippen molar-refractivity contribution >= 4 is 19.4 Å². The Morgan fingerprint density at radius 3 is 2.26 bits per heavy atom. The van der Waals surface area contributed by atoms with Crippen LogP contribution in [-0.4, -0.2) is 41.6 Å². The maximum Gasteiger partial charge on any atom is 0.469 e. The topological polar surface area (TPSA) is 140 Å². The first kappa shape index (κ1) is 24.8. The van der Waals surface area contributed by atoms with E-state index in [1.165, 1.54) is 12.5 Å². The molecule has 1 atom stereocenters. The summed E-state index contributed by atoms with van der Waals surface area (Å²) in [6.07, 6.45) is 2.85. The number of methoxy groups -OCH3 is 1. The molecule has 0 saturated heterocycles. The number of hydrogen-bond acceptors (Lipinski definition) is 6.